The Morgan fingerprint density at radius 2 is 1.76 bits per heavy atom. The Balaban J connectivity index is 2.14. The number of imidazole rings is 1. The van der Waals surface area contributed by atoms with E-state index in [2.05, 4.69) is 25.9 Å². The summed E-state index contributed by atoms with van der Waals surface area (Å²) >= 11 is 9.00. The molecule has 0 fully saturated rings. The fourth-order valence-electron chi connectivity index (χ4n) is 1.99. The van der Waals surface area contributed by atoms with E-state index in [4.69, 9.17) is 11.6 Å². The van der Waals surface area contributed by atoms with Crippen LogP contribution >= 0.6 is 27.5 Å². The standard InChI is InChI=1S/C14H7BrClF3N2/c15-8-3-1-7(2-4-8)13-20-11-5-9(14(17,18)19)10(16)6-12(11)21-13/h1-6H,(H,20,21). The van der Waals surface area contributed by atoms with Gasteiger partial charge in [0.2, 0.25) is 0 Å². The van der Waals surface area contributed by atoms with E-state index in [1.807, 2.05) is 24.3 Å². The van der Waals surface area contributed by atoms with E-state index in [1.54, 1.807) is 0 Å². The van der Waals surface area contributed by atoms with Crippen molar-refractivity contribution in [3.8, 4) is 11.4 Å². The third kappa shape index (κ3) is 2.78. The van der Waals surface area contributed by atoms with Gasteiger partial charge in [-0.15, -0.1) is 0 Å². The number of fused-ring (bicyclic) bond motifs is 1. The number of hydrogen-bond acceptors (Lipinski definition) is 1. The molecule has 0 saturated heterocycles. The SMILES string of the molecule is FC(F)(F)c1cc2[nH]c(-c3ccc(Br)cc3)nc2cc1Cl. The Labute approximate surface area is 131 Å². The Morgan fingerprint density at radius 1 is 1.10 bits per heavy atom. The first kappa shape index (κ1) is 14.4. The molecule has 0 radical (unpaired) electrons. The van der Waals surface area contributed by atoms with Crippen LogP contribution in [0.25, 0.3) is 22.4 Å². The maximum atomic E-state index is 12.8. The molecule has 3 rings (SSSR count). The first-order chi connectivity index (χ1) is 9.84. The van der Waals surface area contributed by atoms with E-state index in [0.29, 0.717) is 16.9 Å². The number of benzene rings is 2. The summed E-state index contributed by atoms with van der Waals surface area (Å²) in [6, 6.07) is 9.49. The normalized spacial score (nSPS) is 12.0. The number of nitrogens with one attached hydrogen (secondary N) is 1. The van der Waals surface area contributed by atoms with Crippen molar-refractivity contribution in [2.45, 2.75) is 6.18 Å². The number of alkyl halides is 3. The lowest BCUT2D eigenvalue weighted by Crippen LogP contribution is -2.05. The van der Waals surface area contributed by atoms with E-state index in [0.717, 1.165) is 16.1 Å². The molecule has 0 amide bonds. The summed E-state index contributed by atoms with van der Waals surface area (Å²) in [6.45, 7) is 0. The molecule has 0 unspecified atom stereocenters. The molecule has 0 saturated carbocycles. The molecule has 1 N–H and O–H groups in total. The van der Waals surface area contributed by atoms with Gasteiger partial charge >= 0.3 is 6.18 Å². The molecule has 1 aromatic heterocycles. The smallest absolute Gasteiger partial charge is 0.338 e. The minimum absolute atomic E-state index is 0.296. The van der Waals surface area contributed by atoms with Gasteiger partial charge in [0.05, 0.1) is 21.6 Å². The molecule has 3 aromatic rings. The highest BCUT2D eigenvalue weighted by Gasteiger charge is 2.33. The van der Waals surface area contributed by atoms with Gasteiger partial charge in [-0.25, -0.2) is 4.98 Å². The predicted octanol–water partition coefficient (Wildman–Crippen LogP) is 5.66. The fraction of sp³-hybridized carbons (Fsp3) is 0.0714. The zero-order valence-corrected chi connectivity index (χ0v) is 12.6. The number of aromatic amines is 1. The van der Waals surface area contributed by atoms with Crippen LogP contribution in [-0.2, 0) is 6.18 Å². The van der Waals surface area contributed by atoms with Crippen LogP contribution in [0, 0.1) is 0 Å². The highest BCUT2D eigenvalue weighted by Crippen LogP contribution is 2.37. The minimum Gasteiger partial charge on any atom is -0.338 e. The van der Waals surface area contributed by atoms with Gasteiger partial charge in [0.25, 0.3) is 0 Å². The Morgan fingerprint density at radius 3 is 2.38 bits per heavy atom. The molecule has 0 spiro atoms. The highest BCUT2D eigenvalue weighted by atomic mass is 79.9. The van der Waals surface area contributed by atoms with Crippen LogP contribution < -0.4 is 0 Å². The van der Waals surface area contributed by atoms with Crippen LogP contribution in [0.5, 0.6) is 0 Å². The zero-order chi connectivity index (χ0) is 15.2. The lowest BCUT2D eigenvalue weighted by Gasteiger charge is -2.07. The van der Waals surface area contributed by atoms with Crippen LogP contribution in [0.1, 0.15) is 5.56 Å². The molecule has 2 aromatic carbocycles. The van der Waals surface area contributed by atoms with E-state index < -0.39 is 11.7 Å². The van der Waals surface area contributed by atoms with E-state index >= 15 is 0 Å². The van der Waals surface area contributed by atoms with Gasteiger partial charge in [0.15, 0.2) is 0 Å². The fourth-order valence-corrected chi connectivity index (χ4v) is 2.52. The van der Waals surface area contributed by atoms with Gasteiger partial charge in [-0.1, -0.05) is 39.7 Å². The van der Waals surface area contributed by atoms with Gasteiger partial charge < -0.3 is 4.98 Å². The average Bonchev–Trinajstić information content (AvgIpc) is 2.80. The van der Waals surface area contributed by atoms with Crippen molar-refractivity contribution in [1.29, 1.82) is 0 Å². The van der Waals surface area contributed by atoms with E-state index in [1.165, 1.54) is 6.07 Å². The minimum atomic E-state index is -4.49. The number of hydrogen-bond donors (Lipinski definition) is 1. The maximum Gasteiger partial charge on any atom is 0.417 e. The number of rotatable bonds is 1. The Hall–Kier alpha value is -1.53. The quantitative estimate of drug-likeness (QED) is 0.584. The van der Waals surface area contributed by atoms with Crippen LogP contribution in [-0.4, -0.2) is 9.97 Å². The summed E-state index contributed by atoms with van der Waals surface area (Å²) in [5, 5.41) is -0.358. The van der Waals surface area contributed by atoms with Crippen molar-refractivity contribution in [2.75, 3.05) is 0 Å². The number of halogens is 5. The van der Waals surface area contributed by atoms with Crippen molar-refractivity contribution in [3.05, 3.63) is 51.5 Å². The van der Waals surface area contributed by atoms with Crippen LogP contribution in [0.3, 0.4) is 0 Å². The molecule has 1 heterocycles. The molecule has 0 bridgehead atoms. The predicted molar refractivity (Wildman–Crippen MR) is 79.2 cm³/mol. The Bertz CT molecular complexity index is 809. The molecule has 21 heavy (non-hydrogen) atoms. The molecule has 108 valence electrons. The molecule has 0 aliphatic rings. The third-order valence-electron chi connectivity index (χ3n) is 2.99. The summed E-state index contributed by atoms with van der Waals surface area (Å²) in [5.74, 6) is 0.493. The third-order valence-corrected chi connectivity index (χ3v) is 3.84. The molecule has 2 nitrogen and oxygen atoms in total. The molecule has 0 atom stereocenters. The van der Waals surface area contributed by atoms with Crippen LogP contribution in [0.15, 0.2) is 40.9 Å². The molecular weight excluding hydrogens is 369 g/mol. The van der Waals surface area contributed by atoms with Crippen molar-refractivity contribution in [2.24, 2.45) is 0 Å². The van der Waals surface area contributed by atoms with Crippen molar-refractivity contribution in [1.82, 2.24) is 9.97 Å². The number of nitrogens with zero attached hydrogens (tertiary/aromatic N) is 1. The van der Waals surface area contributed by atoms with Gasteiger partial charge in [0, 0.05) is 10.0 Å². The second-order valence-electron chi connectivity index (χ2n) is 4.44. The van der Waals surface area contributed by atoms with E-state index in [-0.39, 0.29) is 5.02 Å². The van der Waals surface area contributed by atoms with Crippen LogP contribution in [0.2, 0.25) is 5.02 Å². The average molecular weight is 376 g/mol. The van der Waals surface area contributed by atoms with Gasteiger partial charge in [-0.05, 0) is 24.3 Å². The van der Waals surface area contributed by atoms with E-state index in [9.17, 15) is 13.2 Å². The summed E-state index contributed by atoms with van der Waals surface area (Å²) in [5.41, 5.74) is 0.595. The van der Waals surface area contributed by atoms with Crippen LogP contribution in [0.4, 0.5) is 13.2 Å². The maximum absolute atomic E-state index is 12.8. The summed E-state index contributed by atoms with van der Waals surface area (Å²) < 4.78 is 39.4. The van der Waals surface area contributed by atoms with Gasteiger partial charge in [-0.3, -0.25) is 0 Å². The van der Waals surface area contributed by atoms with Crippen molar-refractivity contribution in [3.63, 3.8) is 0 Å². The largest absolute Gasteiger partial charge is 0.417 e. The summed E-state index contributed by atoms with van der Waals surface area (Å²) in [4.78, 5) is 7.16. The second kappa shape index (κ2) is 5.03. The summed E-state index contributed by atoms with van der Waals surface area (Å²) in [7, 11) is 0. The monoisotopic (exact) mass is 374 g/mol. The lowest BCUT2D eigenvalue weighted by atomic mass is 10.2. The second-order valence-corrected chi connectivity index (χ2v) is 5.76. The van der Waals surface area contributed by atoms with Crippen molar-refractivity contribution >= 4 is 38.6 Å². The van der Waals surface area contributed by atoms with Crippen molar-refractivity contribution < 1.29 is 13.2 Å². The van der Waals surface area contributed by atoms with Gasteiger partial charge in [-0.2, -0.15) is 13.2 Å². The molecule has 7 heteroatoms. The lowest BCUT2D eigenvalue weighted by molar-refractivity contribution is -0.137. The van der Waals surface area contributed by atoms with Gasteiger partial charge in [0.1, 0.15) is 5.82 Å². The topological polar surface area (TPSA) is 28.7 Å². The Kier molecular flexibility index (Phi) is 3.45. The summed E-state index contributed by atoms with van der Waals surface area (Å²) in [6.07, 6.45) is -4.49. The first-order valence-corrected chi connectivity index (χ1v) is 7.04. The number of H-pyrrole nitrogens is 1. The molecule has 0 aliphatic heterocycles. The molecule has 0 aliphatic carbocycles. The first-order valence-electron chi connectivity index (χ1n) is 5.87. The highest BCUT2D eigenvalue weighted by molar-refractivity contribution is 9.10. The zero-order valence-electron chi connectivity index (χ0n) is 10.3. The molecular formula is C14H7BrClF3N2. The number of aromatic nitrogens is 2.